The highest BCUT2D eigenvalue weighted by Crippen LogP contribution is 2.26. The molecule has 0 spiro atoms. The van der Waals surface area contributed by atoms with Gasteiger partial charge in [0.2, 0.25) is 0 Å². The molecule has 4 nitrogen and oxygen atoms in total. The molecule has 0 atom stereocenters. The smallest absolute Gasteiger partial charge is 0.358 e. The van der Waals surface area contributed by atoms with Gasteiger partial charge < -0.3 is 4.74 Å². The first-order chi connectivity index (χ1) is 12.1. The van der Waals surface area contributed by atoms with Crippen LogP contribution in [0.4, 0.5) is 4.39 Å². The first kappa shape index (κ1) is 17.2. The van der Waals surface area contributed by atoms with Crippen molar-refractivity contribution in [1.82, 2.24) is 9.55 Å². The fraction of sp³-hybridized carbons (Fsp3) is 0.158. The Morgan fingerprint density at radius 3 is 2.44 bits per heavy atom. The highest BCUT2D eigenvalue weighted by Gasteiger charge is 2.17. The number of ether oxygens (including phenoxy) is 1. The van der Waals surface area contributed by atoms with Gasteiger partial charge in [-0.05, 0) is 49.6 Å². The van der Waals surface area contributed by atoms with Crippen molar-refractivity contribution in [3.05, 3.63) is 66.2 Å². The van der Waals surface area contributed by atoms with Gasteiger partial charge in [-0.1, -0.05) is 12.1 Å². The summed E-state index contributed by atoms with van der Waals surface area (Å²) in [5, 5.41) is 0. The number of rotatable bonds is 5. The quantitative estimate of drug-likeness (QED) is 0.496. The third-order valence-electron chi connectivity index (χ3n) is 3.64. The lowest BCUT2D eigenvalue weighted by Crippen LogP contribution is -2.04. The van der Waals surface area contributed by atoms with E-state index in [1.165, 1.54) is 12.1 Å². The van der Waals surface area contributed by atoms with E-state index in [-0.39, 0.29) is 18.1 Å². The second-order valence-corrected chi connectivity index (χ2v) is 6.12. The lowest BCUT2D eigenvalue weighted by Gasteiger charge is -2.08. The maximum Gasteiger partial charge on any atom is 0.358 e. The SMILES string of the molecule is CCOC(=O)c1cn(-c2ccc(F)cc2)c(-c2ccc(SC)cc2)n1. The summed E-state index contributed by atoms with van der Waals surface area (Å²) < 4.78 is 20.1. The summed E-state index contributed by atoms with van der Waals surface area (Å²) in [6.45, 7) is 2.02. The molecule has 0 bridgehead atoms. The number of hydrogen-bond acceptors (Lipinski definition) is 4. The van der Waals surface area contributed by atoms with Gasteiger partial charge in [0, 0.05) is 22.3 Å². The van der Waals surface area contributed by atoms with Gasteiger partial charge in [0.1, 0.15) is 11.6 Å². The lowest BCUT2D eigenvalue weighted by molar-refractivity contribution is 0.0520. The molecular formula is C19H17FN2O2S. The molecule has 1 aromatic heterocycles. The molecule has 1 heterocycles. The predicted molar refractivity (Wildman–Crippen MR) is 96.7 cm³/mol. The normalized spacial score (nSPS) is 10.7. The molecule has 0 unspecified atom stereocenters. The summed E-state index contributed by atoms with van der Waals surface area (Å²) in [5.74, 6) is -0.201. The zero-order valence-corrected chi connectivity index (χ0v) is 14.7. The zero-order valence-electron chi connectivity index (χ0n) is 13.9. The molecule has 0 saturated heterocycles. The maximum atomic E-state index is 13.2. The van der Waals surface area contributed by atoms with Crippen molar-refractivity contribution in [3.8, 4) is 17.1 Å². The van der Waals surface area contributed by atoms with Crippen molar-refractivity contribution in [2.45, 2.75) is 11.8 Å². The number of benzene rings is 2. The van der Waals surface area contributed by atoms with Gasteiger partial charge in [-0.25, -0.2) is 14.2 Å². The average Bonchev–Trinajstić information content (AvgIpc) is 3.08. The van der Waals surface area contributed by atoms with Crippen LogP contribution in [0.25, 0.3) is 17.1 Å². The Balaban J connectivity index is 2.10. The van der Waals surface area contributed by atoms with Crippen LogP contribution in [0.15, 0.2) is 59.6 Å². The minimum absolute atomic E-state index is 0.218. The molecule has 128 valence electrons. The minimum Gasteiger partial charge on any atom is -0.461 e. The van der Waals surface area contributed by atoms with Crippen LogP contribution < -0.4 is 0 Å². The van der Waals surface area contributed by atoms with Gasteiger partial charge >= 0.3 is 5.97 Å². The number of aromatic nitrogens is 2. The largest absolute Gasteiger partial charge is 0.461 e. The van der Waals surface area contributed by atoms with Gasteiger partial charge in [0.25, 0.3) is 0 Å². The fourth-order valence-corrected chi connectivity index (χ4v) is 2.83. The number of hydrogen-bond donors (Lipinski definition) is 0. The molecular weight excluding hydrogens is 339 g/mol. The van der Waals surface area contributed by atoms with E-state index in [2.05, 4.69) is 4.98 Å². The van der Waals surface area contributed by atoms with Crippen LogP contribution in [-0.4, -0.2) is 28.4 Å². The van der Waals surface area contributed by atoms with E-state index in [0.717, 1.165) is 10.5 Å². The molecule has 6 heteroatoms. The van der Waals surface area contributed by atoms with E-state index in [1.807, 2.05) is 30.5 Å². The van der Waals surface area contributed by atoms with E-state index in [9.17, 15) is 9.18 Å². The zero-order chi connectivity index (χ0) is 17.8. The van der Waals surface area contributed by atoms with Crippen LogP contribution in [0.1, 0.15) is 17.4 Å². The van der Waals surface area contributed by atoms with Gasteiger partial charge in [0.15, 0.2) is 5.69 Å². The predicted octanol–water partition coefficient (Wildman–Crippen LogP) is 4.58. The Morgan fingerprint density at radius 1 is 1.16 bits per heavy atom. The van der Waals surface area contributed by atoms with Crippen molar-refractivity contribution in [1.29, 1.82) is 0 Å². The molecule has 0 saturated carbocycles. The maximum absolute atomic E-state index is 13.2. The van der Waals surface area contributed by atoms with E-state index in [1.54, 1.807) is 41.6 Å². The second kappa shape index (κ2) is 7.53. The minimum atomic E-state index is -0.481. The molecule has 3 aromatic rings. The Morgan fingerprint density at radius 2 is 1.84 bits per heavy atom. The molecule has 0 N–H and O–H groups in total. The van der Waals surface area contributed by atoms with E-state index in [0.29, 0.717) is 11.5 Å². The second-order valence-electron chi connectivity index (χ2n) is 5.25. The van der Waals surface area contributed by atoms with Gasteiger partial charge in [-0.15, -0.1) is 11.8 Å². The summed E-state index contributed by atoms with van der Waals surface area (Å²) >= 11 is 1.65. The molecule has 0 amide bonds. The van der Waals surface area contributed by atoms with Crippen LogP contribution in [-0.2, 0) is 4.74 Å². The Kier molecular flexibility index (Phi) is 5.19. The van der Waals surface area contributed by atoms with Crippen molar-refractivity contribution in [3.63, 3.8) is 0 Å². The van der Waals surface area contributed by atoms with E-state index in [4.69, 9.17) is 4.74 Å². The number of nitrogens with zero attached hydrogens (tertiary/aromatic N) is 2. The fourth-order valence-electron chi connectivity index (χ4n) is 2.43. The van der Waals surface area contributed by atoms with Crippen LogP contribution >= 0.6 is 11.8 Å². The number of halogens is 1. The van der Waals surface area contributed by atoms with Crippen LogP contribution in [0.5, 0.6) is 0 Å². The summed E-state index contributed by atoms with van der Waals surface area (Å²) in [7, 11) is 0. The topological polar surface area (TPSA) is 44.1 Å². The van der Waals surface area contributed by atoms with Crippen LogP contribution in [0.3, 0.4) is 0 Å². The third kappa shape index (κ3) is 3.74. The van der Waals surface area contributed by atoms with E-state index < -0.39 is 5.97 Å². The molecule has 0 aliphatic heterocycles. The number of imidazole rings is 1. The Bertz CT molecular complexity index is 873. The number of carbonyl (C=O) groups excluding carboxylic acids is 1. The molecule has 0 aliphatic carbocycles. The van der Waals surface area contributed by atoms with Gasteiger partial charge in [-0.3, -0.25) is 4.57 Å². The molecule has 0 radical (unpaired) electrons. The van der Waals surface area contributed by atoms with Crippen LogP contribution in [0.2, 0.25) is 0 Å². The highest BCUT2D eigenvalue weighted by molar-refractivity contribution is 7.98. The van der Waals surface area contributed by atoms with Crippen molar-refractivity contribution in [2.24, 2.45) is 0 Å². The van der Waals surface area contributed by atoms with Gasteiger partial charge in [0.05, 0.1) is 6.61 Å². The molecule has 0 aliphatic rings. The number of carbonyl (C=O) groups is 1. The van der Waals surface area contributed by atoms with Gasteiger partial charge in [-0.2, -0.15) is 0 Å². The summed E-state index contributed by atoms with van der Waals surface area (Å²) in [4.78, 5) is 17.6. The average molecular weight is 356 g/mol. The summed E-state index contributed by atoms with van der Waals surface area (Å²) in [5.41, 5.74) is 1.79. The summed E-state index contributed by atoms with van der Waals surface area (Å²) in [6, 6.07) is 13.9. The standard InChI is InChI=1S/C19H17FN2O2S/c1-3-24-19(23)17-12-22(15-8-6-14(20)7-9-15)18(21-17)13-4-10-16(25-2)11-5-13/h4-12H,3H2,1-2H3. The monoisotopic (exact) mass is 356 g/mol. The molecule has 0 fully saturated rings. The van der Waals surface area contributed by atoms with Crippen molar-refractivity contribution < 1.29 is 13.9 Å². The third-order valence-corrected chi connectivity index (χ3v) is 4.39. The first-order valence-electron chi connectivity index (χ1n) is 7.79. The van der Waals surface area contributed by atoms with Crippen LogP contribution in [0, 0.1) is 5.82 Å². The highest BCUT2D eigenvalue weighted by atomic mass is 32.2. The number of thioether (sulfide) groups is 1. The van der Waals surface area contributed by atoms with Crippen molar-refractivity contribution >= 4 is 17.7 Å². The number of esters is 1. The van der Waals surface area contributed by atoms with Crippen molar-refractivity contribution in [2.75, 3.05) is 12.9 Å². The molecule has 2 aromatic carbocycles. The molecule has 3 rings (SSSR count). The van der Waals surface area contributed by atoms with E-state index >= 15 is 0 Å². The Hall–Kier alpha value is -2.60. The first-order valence-corrected chi connectivity index (χ1v) is 9.01. The molecule has 25 heavy (non-hydrogen) atoms. The lowest BCUT2D eigenvalue weighted by atomic mass is 10.2. The Labute approximate surface area is 149 Å². The summed E-state index contributed by atoms with van der Waals surface area (Å²) in [6.07, 6.45) is 3.62.